The molecule has 0 radical (unpaired) electrons. The van der Waals surface area contributed by atoms with E-state index in [9.17, 15) is 4.79 Å². The summed E-state index contributed by atoms with van der Waals surface area (Å²) in [6, 6.07) is 7.47. The van der Waals surface area contributed by atoms with E-state index in [0.717, 1.165) is 21.9 Å². The highest BCUT2D eigenvalue weighted by atomic mass is 32.2. The topological polar surface area (TPSA) is 94.0 Å². The lowest BCUT2D eigenvalue weighted by molar-refractivity contribution is -0.396. The van der Waals surface area contributed by atoms with Gasteiger partial charge >= 0.3 is 5.16 Å². The highest BCUT2D eigenvalue weighted by Gasteiger charge is 2.14. The molecule has 1 aromatic carbocycles. The van der Waals surface area contributed by atoms with Crippen molar-refractivity contribution in [2.24, 2.45) is 0 Å². The standard InChI is InChI=1S/C15H15N5O2S/c1-2-22-10-4-5-11-12(8-10)19-15(18-11)23-9-13(21)20-14-16-6-3-7-17-14/h3-8H,2,9H2,1H3,(H,18,19)(H,16,17,20,21)/p+1. The molecule has 0 bridgehead atoms. The third kappa shape index (κ3) is 3.98. The maximum Gasteiger partial charge on any atom is 0.315 e. The SMILES string of the molecule is CCOc1ccc2[nH+]c(SCC(=O)Nc3ncccn3)[nH]c2c1. The number of H-pyrrole nitrogens is 2. The first-order chi connectivity index (χ1) is 11.2. The van der Waals surface area contributed by atoms with Gasteiger partial charge in [-0.15, -0.1) is 0 Å². The quantitative estimate of drug-likeness (QED) is 0.673. The average Bonchev–Trinajstić information content (AvgIpc) is 2.96. The van der Waals surface area contributed by atoms with Crippen molar-refractivity contribution >= 4 is 34.7 Å². The normalized spacial score (nSPS) is 10.7. The van der Waals surface area contributed by atoms with E-state index in [-0.39, 0.29) is 11.7 Å². The smallest absolute Gasteiger partial charge is 0.315 e. The molecule has 0 unspecified atom stereocenters. The number of fused-ring (bicyclic) bond motifs is 1. The summed E-state index contributed by atoms with van der Waals surface area (Å²) in [6.07, 6.45) is 3.16. The summed E-state index contributed by atoms with van der Waals surface area (Å²) in [6.45, 7) is 2.57. The molecule has 0 fully saturated rings. The van der Waals surface area contributed by atoms with Crippen LogP contribution in [-0.4, -0.2) is 33.2 Å². The highest BCUT2D eigenvalue weighted by Crippen LogP contribution is 2.20. The molecule has 0 aliphatic heterocycles. The summed E-state index contributed by atoms with van der Waals surface area (Å²) in [4.78, 5) is 26.2. The average molecular weight is 330 g/mol. The number of nitrogens with one attached hydrogen (secondary N) is 3. The lowest BCUT2D eigenvalue weighted by Crippen LogP contribution is -2.16. The largest absolute Gasteiger partial charge is 0.494 e. The Kier molecular flexibility index (Phi) is 4.72. The Morgan fingerprint density at radius 2 is 2.22 bits per heavy atom. The number of aromatic amines is 2. The van der Waals surface area contributed by atoms with Crippen LogP contribution in [0.2, 0.25) is 0 Å². The van der Waals surface area contributed by atoms with Crippen molar-refractivity contribution in [3.8, 4) is 5.75 Å². The van der Waals surface area contributed by atoms with Gasteiger partial charge in [-0.1, -0.05) is 0 Å². The fourth-order valence-electron chi connectivity index (χ4n) is 2.00. The molecule has 8 heteroatoms. The molecule has 0 saturated carbocycles. The van der Waals surface area contributed by atoms with Crippen LogP contribution in [0.3, 0.4) is 0 Å². The molecule has 3 aromatic rings. The highest BCUT2D eigenvalue weighted by molar-refractivity contribution is 7.99. The molecule has 0 saturated heterocycles. The van der Waals surface area contributed by atoms with Crippen LogP contribution in [0.15, 0.2) is 41.8 Å². The van der Waals surface area contributed by atoms with Gasteiger partial charge in [-0.3, -0.25) is 10.1 Å². The summed E-state index contributed by atoms with van der Waals surface area (Å²) >= 11 is 1.37. The van der Waals surface area contributed by atoms with Gasteiger partial charge < -0.3 is 4.74 Å². The molecule has 3 rings (SSSR count). The summed E-state index contributed by atoms with van der Waals surface area (Å²) < 4.78 is 5.47. The monoisotopic (exact) mass is 330 g/mol. The second-order valence-corrected chi connectivity index (χ2v) is 5.61. The van der Waals surface area contributed by atoms with Crippen LogP contribution in [0.25, 0.3) is 11.0 Å². The molecule has 7 nitrogen and oxygen atoms in total. The van der Waals surface area contributed by atoms with Crippen LogP contribution < -0.4 is 15.0 Å². The molecule has 1 amide bonds. The van der Waals surface area contributed by atoms with Crippen molar-refractivity contribution in [1.82, 2.24) is 15.0 Å². The first-order valence-electron chi connectivity index (χ1n) is 7.12. The summed E-state index contributed by atoms with van der Waals surface area (Å²) in [5.41, 5.74) is 1.90. The van der Waals surface area contributed by atoms with Gasteiger partial charge in [0, 0.05) is 18.5 Å². The molecule has 2 heterocycles. The van der Waals surface area contributed by atoms with Gasteiger partial charge in [0.05, 0.1) is 12.4 Å². The Bertz CT molecular complexity index is 806. The van der Waals surface area contributed by atoms with Crippen LogP contribution in [0.5, 0.6) is 5.75 Å². The van der Waals surface area contributed by atoms with Crippen LogP contribution in [0, 0.1) is 0 Å². The van der Waals surface area contributed by atoms with Gasteiger partial charge in [-0.05, 0) is 36.9 Å². The number of ether oxygens (including phenoxy) is 1. The Labute approximate surface area is 136 Å². The lowest BCUT2D eigenvalue weighted by Gasteiger charge is -1.99. The first kappa shape index (κ1) is 15.3. The van der Waals surface area contributed by atoms with Gasteiger partial charge in [0.1, 0.15) is 5.75 Å². The number of hydrogen-bond donors (Lipinski definition) is 2. The Morgan fingerprint density at radius 1 is 1.39 bits per heavy atom. The molecule has 2 aromatic heterocycles. The number of nitrogens with zero attached hydrogens (tertiary/aromatic N) is 2. The van der Waals surface area contributed by atoms with E-state index in [0.29, 0.717) is 12.6 Å². The van der Waals surface area contributed by atoms with Crippen molar-refractivity contribution in [1.29, 1.82) is 0 Å². The van der Waals surface area contributed by atoms with Gasteiger partial charge in [0.2, 0.25) is 11.9 Å². The molecule has 0 aliphatic rings. The van der Waals surface area contributed by atoms with Crippen molar-refractivity contribution in [3.63, 3.8) is 0 Å². The first-order valence-corrected chi connectivity index (χ1v) is 8.10. The Morgan fingerprint density at radius 3 is 3.00 bits per heavy atom. The number of aromatic nitrogens is 4. The van der Waals surface area contributed by atoms with Crippen LogP contribution in [0.4, 0.5) is 5.95 Å². The van der Waals surface area contributed by atoms with Gasteiger partial charge in [-0.2, -0.15) is 0 Å². The number of carbonyl (C=O) groups excluding carboxylic acids is 1. The number of rotatable bonds is 6. The zero-order chi connectivity index (χ0) is 16.1. The van der Waals surface area contributed by atoms with E-state index in [4.69, 9.17) is 4.74 Å². The van der Waals surface area contributed by atoms with E-state index in [1.54, 1.807) is 18.5 Å². The molecular formula is C15H16N5O2S+. The van der Waals surface area contributed by atoms with Crippen molar-refractivity contribution in [2.45, 2.75) is 12.1 Å². The molecule has 0 atom stereocenters. The third-order valence-electron chi connectivity index (χ3n) is 2.96. The minimum atomic E-state index is -0.164. The lowest BCUT2D eigenvalue weighted by atomic mass is 10.3. The molecule has 118 valence electrons. The van der Waals surface area contributed by atoms with Crippen LogP contribution >= 0.6 is 11.8 Å². The van der Waals surface area contributed by atoms with Crippen LogP contribution in [-0.2, 0) is 4.79 Å². The fraction of sp³-hybridized carbons (Fsp3) is 0.200. The number of benzene rings is 1. The fourth-order valence-corrected chi connectivity index (χ4v) is 2.71. The maximum atomic E-state index is 11.9. The van der Waals surface area contributed by atoms with Crippen LogP contribution in [0.1, 0.15) is 6.92 Å². The predicted octanol–water partition coefficient (Wildman–Crippen LogP) is 1.90. The minimum absolute atomic E-state index is 0.164. The van der Waals surface area contributed by atoms with E-state index in [1.807, 2.05) is 25.1 Å². The number of amides is 1. The maximum absolute atomic E-state index is 11.9. The van der Waals surface area contributed by atoms with E-state index in [2.05, 4.69) is 25.3 Å². The Balaban J connectivity index is 1.61. The van der Waals surface area contributed by atoms with Crippen molar-refractivity contribution in [3.05, 3.63) is 36.7 Å². The summed E-state index contributed by atoms with van der Waals surface area (Å²) in [5, 5.41) is 3.45. The third-order valence-corrected chi connectivity index (χ3v) is 3.86. The summed E-state index contributed by atoms with van der Waals surface area (Å²) in [7, 11) is 0. The molecule has 3 N–H and O–H groups in total. The number of hydrogen-bond acceptors (Lipinski definition) is 5. The van der Waals surface area contributed by atoms with E-state index < -0.39 is 0 Å². The number of thioether (sulfide) groups is 1. The van der Waals surface area contributed by atoms with Gasteiger partial charge in [0.25, 0.3) is 0 Å². The molecule has 23 heavy (non-hydrogen) atoms. The molecule has 0 aliphatic carbocycles. The van der Waals surface area contributed by atoms with Crippen molar-refractivity contribution < 1.29 is 14.5 Å². The van der Waals surface area contributed by atoms with E-state index in [1.165, 1.54) is 11.8 Å². The van der Waals surface area contributed by atoms with Gasteiger partial charge in [-0.25, -0.2) is 19.9 Å². The molecule has 0 spiro atoms. The summed E-state index contributed by atoms with van der Waals surface area (Å²) in [5.74, 6) is 1.20. The molecular weight excluding hydrogens is 314 g/mol. The Hall–Kier alpha value is -2.61. The second-order valence-electron chi connectivity index (χ2n) is 4.63. The number of carbonyl (C=O) groups is 1. The van der Waals surface area contributed by atoms with Crippen molar-refractivity contribution in [2.75, 3.05) is 17.7 Å². The van der Waals surface area contributed by atoms with Gasteiger partial charge in [0.15, 0.2) is 11.0 Å². The zero-order valence-corrected chi connectivity index (χ0v) is 13.3. The number of imidazole rings is 1. The van der Waals surface area contributed by atoms with E-state index >= 15 is 0 Å². The minimum Gasteiger partial charge on any atom is -0.494 e. The predicted molar refractivity (Wildman–Crippen MR) is 87.4 cm³/mol. The second kappa shape index (κ2) is 7.10. The zero-order valence-electron chi connectivity index (χ0n) is 12.5. The number of anilines is 1.